The highest BCUT2D eigenvalue weighted by Gasteiger charge is 2.42. The Balaban J connectivity index is 1.38. The van der Waals surface area contributed by atoms with Crippen LogP contribution in [-0.2, 0) is 4.79 Å². The van der Waals surface area contributed by atoms with E-state index < -0.39 is 0 Å². The number of pyridine rings is 1. The topological polar surface area (TPSA) is 75.1 Å². The van der Waals surface area contributed by atoms with Gasteiger partial charge in [-0.2, -0.15) is 0 Å². The van der Waals surface area contributed by atoms with Crippen molar-refractivity contribution >= 4 is 50.5 Å². The number of anilines is 1. The standard InChI is InChI=1S/C27H22N6OS2/c34-23(29-18-9-2-1-3-10-18)17-33-25(24(31-26(33)35)20-12-6-7-15-28-20)21-13-8-16-32(21)27-30-19-11-4-5-14-22(19)36-27/h1-16,24-25H,17H2,(H,29,34)(H,31,35)/t24-,25-/m1/s1. The maximum atomic E-state index is 13.1. The molecule has 0 spiro atoms. The largest absolute Gasteiger partial charge is 0.352 e. The zero-order valence-electron chi connectivity index (χ0n) is 19.1. The fourth-order valence-corrected chi connectivity index (χ4v) is 5.82. The van der Waals surface area contributed by atoms with Crippen LogP contribution in [-0.4, -0.2) is 37.0 Å². The first-order valence-electron chi connectivity index (χ1n) is 11.5. The number of amides is 1. The summed E-state index contributed by atoms with van der Waals surface area (Å²) in [6.07, 6.45) is 3.78. The van der Waals surface area contributed by atoms with Crippen molar-refractivity contribution in [3.63, 3.8) is 0 Å². The number of hydrogen-bond acceptors (Lipinski definition) is 5. The number of aromatic nitrogens is 3. The van der Waals surface area contributed by atoms with Crippen LogP contribution in [0, 0.1) is 0 Å². The van der Waals surface area contributed by atoms with E-state index in [1.165, 1.54) is 0 Å². The summed E-state index contributed by atoms with van der Waals surface area (Å²) in [5.74, 6) is -0.143. The molecule has 1 aliphatic heterocycles. The van der Waals surface area contributed by atoms with Gasteiger partial charge in [0.2, 0.25) is 5.91 Å². The second-order valence-corrected chi connectivity index (χ2v) is 9.83. The minimum Gasteiger partial charge on any atom is -0.352 e. The molecular formula is C27H22N6OS2. The van der Waals surface area contributed by atoms with E-state index >= 15 is 0 Å². The molecule has 3 aromatic heterocycles. The van der Waals surface area contributed by atoms with E-state index in [9.17, 15) is 4.79 Å². The van der Waals surface area contributed by atoms with E-state index in [2.05, 4.69) is 32.3 Å². The zero-order valence-corrected chi connectivity index (χ0v) is 20.7. The summed E-state index contributed by atoms with van der Waals surface area (Å²) in [5.41, 5.74) is 3.53. The Morgan fingerprint density at radius 1 is 1.00 bits per heavy atom. The molecule has 2 aromatic carbocycles. The van der Waals surface area contributed by atoms with Crippen molar-refractivity contribution in [2.75, 3.05) is 11.9 Å². The lowest BCUT2D eigenvalue weighted by Gasteiger charge is -2.28. The van der Waals surface area contributed by atoms with Crippen LogP contribution in [0.1, 0.15) is 23.5 Å². The van der Waals surface area contributed by atoms with Crippen molar-refractivity contribution in [1.29, 1.82) is 0 Å². The van der Waals surface area contributed by atoms with Gasteiger partial charge in [-0.05, 0) is 60.7 Å². The number of thiocarbonyl (C=S) groups is 1. The number of nitrogens with one attached hydrogen (secondary N) is 2. The third-order valence-electron chi connectivity index (χ3n) is 6.14. The maximum Gasteiger partial charge on any atom is 0.244 e. The molecule has 1 saturated heterocycles. The van der Waals surface area contributed by atoms with Gasteiger partial charge in [-0.3, -0.25) is 14.3 Å². The van der Waals surface area contributed by atoms with E-state index in [1.54, 1.807) is 17.5 Å². The van der Waals surface area contributed by atoms with Crippen LogP contribution < -0.4 is 10.6 Å². The lowest BCUT2D eigenvalue weighted by atomic mass is 10.0. The predicted molar refractivity (Wildman–Crippen MR) is 146 cm³/mol. The summed E-state index contributed by atoms with van der Waals surface area (Å²) in [4.78, 5) is 24.5. The first kappa shape index (κ1) is 22.4. The third-order valence-corrected chi connectivity index (χ3v) is 7.53. The summed E-state index contributed by atoms with van der Waals surface area (Å²) in [7, 11) is 0. The number of carbonyl (C=O) groups excluding carboxylic acids is 1. The van der Waals surface area contributed by atoms with Crippen molar-refractivity contribution in [3.05, 3.63) is 109 Å². The predicted octanol–water partition coefficient (Wildman–Crippen LogP) is 5.09. The SMILES string of the molecule is O=C(CN1C(=S)N[C@H](c2ccccn2)[C@H]1c1cccn1-c1nc2ccccc2s1)Nc1ccccc1. The summed E-state index contributed by atoms with van der Waals surface area (Å²) in [6, 6.07) is 26.9. The second kappa shape index (κ2) is 9.52. The van der Waals surface area contributed by atoms with E-state index in [1.807, 2.05) is 83.9 Å². The summed E-state index contributed by atoms with van der Waals surface area (Å²) >= 11 is 7.38. The maximum absolute atomic E-state index is 13.1. The molecule has 0 aliphatic carbocycles. The first-order chi connectivity index (χ1) is 17.7. The van der Waals surface area contributed by atoms with Gasteiger partial charge in [0, 0.05) is 18.1 Å². The zero-order chi connectivity index (χ0) is 24.5. The highest BCUT2D eigenvalue weighted by atomic mass is 32.1. The smallest absolute Gasteiger partial charge is 0.244 e. The van der Waals surface area contributed by atoms with Crippen molar-refractivity contribution in [2.24, 2.45) is 0 Å². The molecule has 7 nitrogen and oxygen atoms in total. The molecule has 0 bridgehead atoms. The Morgan fingerprint density at radius 3 is 2.61 bits per heavy atom. The molecule has 4 heterocycles. The van der Waals surface area contributed by atoms with Crippen molar-refractivity contribution in [1.82, 2.24) is 24.8 Å². The molecule has 1 aliphatic rings. The lowest BCUT2D eigenvalue weighted by Crippen LogP contribution is -2.37. The Hall–Kier alpha value is -4.08. The molecule has 6 rings (SSSR count). The van der Waals surface area contributed by atoms with Crippen molar-refractivity contribution in [3.8, 4) is 5.13 Å². The molecule has 1 amide bonds. The number of carbonyl (C=O) groups is 1. The molecule has 1 fully saturated rings. The number of para-hydroxylation sites is 2. The average Bonchev–Trinajstić information content (AvgIpc) is 3.62. The Labute approximate surface area is 217 Å². The average molecular weight is 511 g/mol. The molecule has 0 unspecified atom stereocenters. The van der Waals surface area contributed by atoms with Crippen LogP contribution in [0.5, 0.6) is 0 Å². The molecule has 0 radical (unpaired) electrons. The van der Waals surface area contributed by atoms with Crippen molar-refractivity contribution in [2.45, 2.75) is 12.1 Å². The lowest BCUT2D eigenvalue weighted by molar-refractivity contribution is -0.116. The van der Waals surface area contributed by atoms with E-state index in [4.69, 9.17) is 17.2 Å². The minimum atomic E-state index is -0.268. The number of hydrogen-bond donors (Lipinski definition) is 2. The quantitative estimate of drug-likeness (QED) is 0.310. The van der Waals surface area contributed by atoms with Crippen LogP contribution >= 0.6 is 23.6 Å². The molecule has 36 heavy (non-hydrogen) atoms. The van der Waals surface area contributed by atoms with Gasteiger partial charge in [-0.1, -0.05) is 47.7 Å². The molecule has 9 heteroatoms. The number of nitrogens with zero attached hydrogens (tertiary/aromatic N) is 4. The van der Waals surface area contributed by atoms with Crippen LogP contribution in [0.2, 0.25) is 0 Å². The normalized spacial score (nSPS) is 17.3. The fourth-order valence-electron chi connectivity index (χ4n) is 4.55. The third kappa shape index (κ3) is 4.23. The summed E-state index contributed by atoms with van der Waals surface area (Å²) < 4.78 is 3.20. The molecule has 2 atom stereocenters. The second-order valence-electron chi connectivity index (χ2n) is 8.44. The number of thiazole rings is 1. The van der Waals surface area contributed by atoms with Gasteiger partial charge in [0.15, 0.2) is 10.2 Å². The van der Waals surface area contributed by atoms with Crippen LogP contribution in [0.15, 0.2) is 97.3 Å². The van der Waals surface area contributed by atoms with Gasteiger partial charge in [0.05, 0.1) is 33.7 Å². The van der Waals surface area contributed by atoms with Crippen LogP contribution in [0.3, 0.4) is 0 Å². The Morgan fingerprint density at radius 2 is 1.81 bits per heavy atom. The van der Waals surface area contributed by atoms with Gasteiger partial charge in [0.25, 0.3) is 0 Å². The van der Waals surface area contributed by atoms with Gasteiger partial charge < -0.3 is 15.5 Å². The highest BCUT2D eigenvalue weighted by Crippen LogP contribution is 2.40. The molecule has 2 N–H and O–H groups in total. The number of rotatable bonds is 6. The first-order valence-corrected chi connectivity index (χ1v) is 12.8. The van der Waals surface area contributed by atoms with Gasteiger partial charge >= 0.3 is 0 Å². The van der Waals surface area contributed by atoms with E-state index in [-0.39, 0.29) is 24.5 Å². The van der Waals surface area contributed by atoms with E-state index in [0.717, 1.165) is 32.4 Å². The van der Waals surface area contributed by atoms with Crippen LogP contribution in [0.25, 0.3) is 15.3 Å². The van der Waals surface area contributed by atoms with Gasteiger partial charge in [0.1, 0.15) is 6.54 Å². The molecule has 0 saturated carbocycles. The van der Waals surface area contributed by atoms with E-state index in [0.29, 0.717) is 5.11 Å². The molecule has 178 valence electrons. The number of benzene rings is 2. The molecular weight excluding hydrogens is 488 g/mol. The monoisotopic (exact) mass is 510 g/mol. The Kier molecular flexibility index (Phi) is 5.92. The summed E-state index contributed by atoms with van der Waals surface area (Å²) in [5, 5.41) is 7.76. The highest BCUT2D eigenvalue weighted by molar-refractivity contribution is 7.80. The fraction of sp³-hybridized carbons (Fsp3) is 0.111. The van der Waals surface area contributed by atoms with Crippen LogP contribution in [0.4, 0.5) is 5.69 Å². The summed E-state index contributed by atoms with van der Waals surface area (Å²) in [6.45, 7) is 0.0970. The Bertz CT molecular complexity index is 1500. The molecule has 5 aromatic rings. The number of fused-ring (bicyclic) bond motifs is 1. The van der Waals surface area contributed by atoms with Gasteiger partial charge in [-0.25, -0.2) is 4.98 Å². The van der Waals surface area contributed by atoms with Gasteiger partial charge in [-0.15, -0.1) is 0 Å². The van der Waals surface area contributed by atoms with Crippen molar-refractivity contribution < 1.29 is 4.79 Å². The minimum absolute atomic E-state index is 0.0970.